The Kier molecular flexibility index (Phi) is 2.51. The smallest absolute Gasteiger partial charge is 0.311 e. The van der Waals surface area contributed by atoms with E-state index in [1.54, 1.807) is 0 Å². The van der Waals surface area contributed by atoms with Crippen molar-refractivity contribution in [3.05, 3.63) is 17.1 Å². The highest BCUT2D eigenvalue weighted by Crippen LogP contribution is 2.25. The molecule has 0 aromatic carbocycles. The SMILES string of the molecule is COc1nc(CC(=O)O)nc2c1COC2. The van der Waals surface area contributed by atoms with Gasteiger partial charge in [-0.2, -0.15) is 4.98 Å². The first-order valence-corrected chi connectivity index (χ1v) is 4.43. The zero-order valence-corrected chi connectivity index (χ0v) is 8.19. The summed E-state index contributed by atoms with van der Waals surface area (Å²) >= 11 is 0. The molecule has 0 fully saturated rings. The van der Waals surface area contributed by atoms with E-state index in [0.717, 1.165) is 11.3 Å². The van der Waals surface area contributed by atoms with Gasteiger partial charge in [-0.05, 0) is 0 Å². The van der Waals surface area contributed by atoms with E-state index < -0.39 is 5.97 Å². The normalized spacial score (nSPS) is 13.7. The van der Waals surface area contributed by atoms with Gasteiger partial charge < -0.3 is 14.6 Å². The highest BCUT2D eigenvalue weighted by atomic mass is 16.5. The zero-order chi connectivity index (χ0) is 10.8. The number of ether oxygens (including phenoxy) is 2. The van der Waals surface area contributed by atoms with Gasteiger partial charge in [0.25, 0.3) is 0 Å². The number of aliphatic carboxylic acids is 1. The maximum atomic E-state index is 10.5. The Labute approximate surface area is 85.9 Å². The molecule has 80 valence electrons. The van der Waals surface area contributed by atoms with Crippen LogP contribution in [0.3, 0.4) is 0 Å². The van der Waals surface area contributed by atoms with Gasteiger partial charge in [0.05, 0.1) is 31.6 Å². The number of hydrogen-bond acceptors (Lipinski definition) is 5. The molecule has 0 aliphatic carbocycles. The van der Waals surface area contributed by atoms with Crippen molar-refractivity contribution >= 4 is 5.97 Å². The predicted octanol–water partition coefficient (Wildman–Crippen LogP) is 0.142. The monoisotopic (exact) mass is 210 g/mol. The molecule has 0 bridgehead atoms. The Morgan fingerprint density at radius 3 is 3.00 bits per heavy atom. The molecule has 6 nitrogen and oxygen atoms in total. The van der Waals surface area contributed by atoms with Crippen LogP contribution in [0.5, 0.6) is 5.88 Å². The Hall–Kier alpha value is -1.69. The third kappa shape index (κ3) is 1.89. The molecular weight excluding hydrogens is 200 g/mol. The van der Waals surface area contributed by atoms with Gasteiger partial charge in [0.1, 0.15) is 12.2 Å². The average Bonchev–Trinajstić information content (AvgIpc) is 2.63. The van der Waals surface area contributed by atoms with Crippen LogP contribution < -0.4 is 4.74 Å². The average molecular weight is 210 g/mol. The molecule has 0 saturated heterocycles. The maximum Gasteiger partial charge on any atom is 0.311 e. The van der Waals surface area contributed by atoms with Crippen LogP contribution in [0.1, 0.15) is 17.1 Å². The fourth-order valence-corrected chi connectivity index (χ4v) is 1.45. The number of carbonyl (C=O) groups is 1. The van der Waals surface area contributed by atoms with Gasteiger partial charge in [0.15, 0.2) is 0 Å². The minimum absolute atomic E-state index is 0.205. The Bertz CT molecular complexity index is 405. The van der Waals surface area contributed by atoms with Crippen molar-refractivity contribution in [3.63, 3.8) is 0 Å². The molecule has 2 heterocycles. The lowest BCUT2D eigenvalue weighted by atomic mass is 10.2. The second kappa shape index (κ2) is 3.82. The second-order valence-corrected chi connectivity index (χ2v) is 3.14. The van der Waals surface area contributed by atoms with E-state index in [1.807, 2.05) is 0 Å². The molecule has 0 atom stereocenters. The number of carboxylic acids is 1. The number of nitrogens with zero attached hydrogens (tertiary/aromatic N) is 2. The van der Waals surface area contributed by atoms with Crippen LogP contribution in [0, 0.1) is 0 Å². The molecule has 0 saturated carbocycles. The highest BCUT2D eigenvalue weighted by Gasteiger charge is 2.21. The van der Waals surface area contributed by atoms with E-state index in [4.69, 9.17) is 14.6 Å². The van der Waals surface area contributed by atoms with Gasteiger partial charge in [0, 0.05) is 0 Å². The van der Waals surface area contributed by atoms with E-state index in [1.165, 1.54) is 7.11 Å². The first kappa shape index (κ1) is 9.85. The summed E-state index contributed by atoms with van der Waals surface area (Å²) in [7, 11) is 1.49. The summed E-state index contributed by atoms with van der Waals surface area (Å²) in [4.78, 5) is 18.6. The van der Waals surface area contributed by atoms with Crippen LogP contribution in [0.15, 0.2) is 0 Å². The number of hydrogen-bond donors (Lipinski definition) is 1. The van der Waals surface area contributed by atoms with Crippen LogP contribution >= 0.6 is 0 Å². The van der Waals surface area contributed by atoms with Gasteiger partial charge >= 0.3 is 5.97 Å². The molecule has 1 aliphatic rings. The first-order chi connectivity index (χ1) is 7.20. The summed E-state index contributed by atoms with van der Waals surface area (Å²) < 4.78 is 10.2. The molecule has 0 unspecified atom stereocenters. The van der Waals surface area contributed by atoms with E-state index in [-0.39, 0.29) is 12.2 Å². The molecule has 1 aromatic heterocycles. The molecule has 0 amide bonds. The highest BCUT2D eigenvalue weighted by molar-refractivity contribution is 5.69. The van der Waals surface area contributed by atoms with Gasteiger partial charge in [-0.15, -0.1) is 0 Å². The molecule has 1 aliphatic heterocycles. The van der Waals surface area contributed by atoms with Gasteiger partial charge in [-0.3, -0.25) is 4.79 Å². The van der Waals surface area contributed by atoms with Crippen LogP contribution in [-0.4, -0.2) is 28.2 Å². The van der Waals surface area contributed by atoms with Gasteiger partial charge in [0.2, 0.25) is 5.88 Å². The molecule has 6 heteroatoms. The van der Waals surface area contributed by atoms with E-state index in [0.29, 0.717) is 19.1 Å². The fourth-order valence-electron chi connectivity index (χ4n) is 1.45. The Balaban J connectivity index is 2.38. The van der Waals surface area contributed by atoms with Crippen molar-refractivity contribution in [2.45, 2.75) is 19.6 Å². The van der Waals surface area contributed by atoms with Crippen molar-refractivity contribution in [1.82, 2.24) is 9.97 Å². The van der Waals surface area contributed by atoms with Crippen molar-refractivity contribution in [2.24, 2.45) is 0 Å². The molecule has 1 aromatic rings. The number of rotatable bonds is 3. The van der Waals surface area contributed by atoms with Crippen LogP contribution in [-0.2, 0) is 29.2 Å². The largest absolute Gasteiger partial charge is 0.481 e. The Morgan fingerprint density at radius 1 is 1.53 bits per heavy atom. The number of aromatic nitrogens is 2. The third-order valence-corrected chi connectivity index (χ3v) is 2.09. The molecule has 2 rings (SSSR count). The molecule has 0 spiro atoms. The minimum Gasteiger partial charge on any atom is -0.481 e. The lowest BCUT2D eigenvalue weighted by molar-refractivity contribution is -0.136. The van der Waals surface area contributed by atoms with E-state index in [2.05, 4.69) is 9.97 Å². The number of methoxy groups -OCH3 is 1. The molecule has 0 radical (unpaired) electrons. The van der Waals surface area contributed by atoms with E-state index >= 15 is 0 Å². The molecule has 15 heavy (non-hydrogen) atoms. The van der Waals surface area contributed by atoms with Crippen molar-refractivity contribution in [2.75, 3.05) is 7.11 Å². The van der Waals surface area contributed by atoms with Crippen LogP contribution in [0.25, 0.3) is 0 Å². The summed E-state index contributed by atoms with van der Waals surface area (Å²) in [6.45, 7) is 0.812. The quantitative estimate of drug-likeness (QED) is 0.764. The third-order valence-electron chi connectivity index (χ3n) is 2.09. The Morgan fingerprint density at radius 2 is 2.33 bits per heavy atom. The van der Waals surface area contributed by atoms with Gasteiger partial charge in [-0.1, -0.05) is 0 Å². The molecular formula is C9H10N2O4. The van der Waals surface area contributed by atoms with Crippen molar-refractivity contribution < 1.29 is 19.4 Å². The van der Waals surface area contributed by atoms with Crippen LogP contribution in [0.2, 0.25) is 0 Å². The lowest BCUT2D eigenvalue weighted by Crippen LogP contribution is -2.08. The summed E-state index contributed by atoms with van der Waals surface area (Å²) in [5.74, 6) is -0.298. The predicted molar refractivity (Wildman–Crippen MR) is 48.4 cm³/mol. The minimum atomic E-state index is -0.962. The number of carboxylic acid groups (broad SMARTS) is 1. The fraction of sp³-hybridized carbons (Fsp3) is 0.444. The maximum absolute atomic E-state index is 10.5. The summed E-state index contributed by atoms with van der Waals surface area (Å²) in [5, 5.41) is 8.63. The van der Waals surface area contributed by atoms with Crippen molar-refractivity contribution in [3.8, 4) is 5.88 Å². The summed E-state index contributed by atoms with van der Waals surface area (Å²) in [6, 6.07) is 0. The molecule has 1 N–H and O–H groups in total. The summed E-state index contributed by atoms with van der Waals surface area (Å²) in [6.07, 6.45) is -0.205. The standard InChI is InChI=1S/C9H10N2O4/c1-14-9-5-3-15-4-6(5)10-7(11-9)2-8(12)13/h2-4H2,1H3,(H,12,13). The van der Waals surface area contributed by atoms with Gasteiger partial charge in [-0.25, -0.2) is 4.98 Å². The topological polar surface area (TPSA) is 81.5 Å². The van der Waals surface area contributed by atoms with Crippen molar-refractivity contribution in [1.29, 1.82) is 0 Å². The second-order valence-electron chi connectivity index (χ2n) is 3.14. The zero-order valence-electron chi connectivity index (χ0n) is 8.19. The first-order valence-electron chi connectivity index (χ1n) is 4.43. The van der Waals surface area contributed by atoms with E-state index in [9.17, 15) is 4.79 Å². The van der Waals surface area contributed by atoms with Crippen LogP contribution in [0.4, 0.5) is 0 Å². The lowest BCUT2D eigenvalue weighted by Gasteiger charge is -2.05. The summed E-state index contributed by atoms with van der Waals surface area (Å²) in [5.41, 5.74) is 1.53. The number of fused-ring (bicyclic) bond motifs is 1.